The van der Waals surface area contributed by atoms with E-state index in [1.54, 1.807) is 12.4 Å². The average molecular weight is 348 g/mol. The Morgan fingerprint density at radius 2 is 1.85 bits per heavy atom. The Morgan fingerprint density at radius 3 is 2.54 bits per heavy atom. The summed E-state index contributed by atoms with van der Waals surface area (Å²) in [5.41, 5.74) is 2.45. The van der Waals surface area contributed by atoms with E-state index in [-0.39, 0.29) is 5.91 Å². The lowest BCUT2D eigenvalue weighted by molar-refractivity contribution is 0.0746. The summed E-state index contributed by atoms with van der Waals surface area (Å²) < 4.78 is 0. The van der Waals surface area contributed by atoms with Crippen molar-refractivity contribution < 1.29 is 4.79 Å². The first-order valence-electron chi connectivity index (χ1n) is 8.65. The molecule has 7 heteroatoms. The normalized spacial score (nSPS) is 14.5. The van der Waals surface area contributed by atoms with E-state index in [0.29, 0.717) is 18.7 Å². The molecule has 4 rings (SSSR count). The number of nitrogens with zero attached hydrogens (tertiary/aromatic N) is 5. The Bertz CT molecular complexity index is 899. The van der Waals surface area contributed by atoms with Crippen molar-refractivity contribution in [3.63, 3.8) is 0 Å². The second-order valence-electron chi connectivity index (χ2n) is 6.29. The molecule has 3 heterocycles. The summed E-state index contributed by atoms with van der Waals surface area (Å²) in [6.45, 7) is 4.67. The van der Waals surface area contributed by atoms with Gasteiger partial charge in [0.25, 0.3) is 5.91 Å². The molecule has 0 spiro atoms. The Balaban J connectivity index is 1.45. The third-order valence-corrected chi connectivity index (χ3v) is 4.62. The maximum absolute atomic E-state index is 12.6. The molecule has 0 unspecified atom stereocenters. The van der Waals surface area contributed by atoms with Crippen LogP contribution >= 0.6 is 0 Å². The molecular formula is C19H20N6O. The Morgan fingerprint density at radius 1 is 1.08 bits per heavy atom. The number of nitrogens with one attached hydrogen (secondary N) is 1. The summed E-state index contributed by atoms with van der Waals surface area (Å²) in [4.78, 5) is 25.7. The molecule has 0 radical (unpaired) electrons. The average Bonchev–Trinajstić information content (AvgIpc) is 3.14. The third-order valence-electron chi connectivity index (χ3n) is 4.62. The summed E-state index contributed by atoms with van der Waals surface area (Å²) in [6.07, 6.45) is 3.39. The van der Waals surface area contributed by atoms with Crippen LogP contribution in [-0.2, 0) is 0 Å². The highest BCUT2D eigenvalue weighted by atomic mass is 16.2. The monoisotopic (exact) mass is 348 g/mol. The number of rotatable bonds is 3. The van der Waals surface area contributed by atoms with Gasteiger partial charge in [-0.25, -0.2) is 9.97 Å². The van der Waals surface area contributed by atoms with Gasteiger partial charge in [-0.15, -0.1) is 0 Å². The number of H-pyrrole nitrogens is 1. The number of amides is 1. The molecule has 1 amide bonds. The van der Waals surface area contributed by atoms with E-state index in [9.17, 15) is 4.79 Å². The first-order valence-corrected chi connectivity index (χ1v) is 8.65. The van der Waals surface area contributed by atoms with Gasteiger partial charge in [0.1, 0.15) is 5.82 Å². The second kappa shape index (κ2) is 6.95. The lowest BCUT2D eigenvalue weighted by Crippen LogP contribution is -2.49. The van der Waals surface area contributed by atoms with E-state index in [2.05, 4.69) is 20.1 Å². The molecule has 0 bridgehead atoms. The van der Waals surface area contributed by atoms with Crippen LogP contribution in [0.3, 0.4) is 0 Å². The molecule has 1 saturated heterocycles. The fraction of sp³-hybridized carbons (Fsp3) is 0.263. The molecule has 1 aromatic carbocycles. The minimum Gasteiger partial charge on any atom is -0.353 e. The molecule has 132 valence electrons. The lowest BCUT2D eigenvalue weighted by Gasteiger charge is -2.35. The molecule has 2 aromatic heterocycles. The maximum atomic E-state index is 12.6. The highest BCUT2D eigenvalue weighted by molar-refractivity contribution is 5.95. The van der Waals surface area contributed by atoms with E-state index in [4.69, 9.17) is 4.98 Å². The van der Waals surface area contributed by atoms with Gasteiger partial charge in [-0.1, -0.05) is 30.3 Å². The Kier molecular flexibility index (Phi) is 4.35. The summed E-state index contributed by atoms with van der Waals surface area (Å²) in [7, 11) is 0. The van der Waals surface area contributed by atoms with Crippen molar-refractivity contribution in [2.45, 2.75) is 6.92 Å². The van der Waals surface area contributed by atoms with Gasteiger partial charge in [-0.3, -0.25) is 9.89 Å². The van der Waals surface area contributed by atoms with Gasteiger partial charge in [0.15, 0.2) is 5.82 Å². The number of piperazine rings is 1. The smallest absolute Gasteiger partial charge is 0.257 e. The zero-order valence-electron chi connectivity index (χ0n) is 14.6. The van der Waals surface area contributed by atoms with Crippen molar-refractivity contribution in [1.29, 1.82) is 0 Å². The minimum atomic E-state index is 0.0311. The molecule has 7 nitrogen and oxygen atoms in total. The van der Waals surface area contributed by atoms with Crippen molar-refractivity contribution in [3.05, 3.63) is 60.0 Å². The first-order chi connectivity index (χ1) is 12.7. The third kappa shape index (κ3) is 3.15. The zero-order chi connectivity index (χ0) is 17.9. The van der Waals surface area contributed by atoms with Crippen LogP contribution in [0.2, 0.25) is 0 Å². The summed E-state index contributed by atoms with van der Waals surface area (Å²) >= 11 is 0. The molecule has 0 saturated carbocycles. The number of benzene rings is 1. The fourth-order valence-electron chi connectivity index (χ4n) is 3.13. The van der Waals surface area contributed by atoms with Crippen molar-refractivity contribution in [1.82, 2.24) is 25.1 Å². The fourth-order valence-corrected chi connectivity index (χ4v) is 3.13. The number of aromatic nitrogens is 4. The molecule has 1 aliphatic rings. The Labute approximate surface area is 151 Å². The van der Waals surface area contributed by atoms with Gasteiger partial charge >= 0.3 is 0 Å². The minimum absolute atomic E-state index is 0.0311. The van der Waals surface area contributed by atoms with Crippen molar-refractivity contribution in [2.24, 2.45) is 0 Å². The molecule has 26 heavy (non-hydrogen) atoms. The number of hydrogen-bond acceptors (Lipinski definition) is 5. The number of carbonyl (C=O) groups is 1. The van der Waals surface area contributed by atoms with Gasteiger partial charge in [-0.05, 0) is 13.0 Å². The largest absolute Gasteiger partial charge is 0.353 e. The number of hydrogen-bond donors (Lipinski definition) is 1. The topological polar surface area (TPSA) is 78.0 Å². The van der Waals surface area contributed by atoms with Crippen molar-refractivity contribution in [2.75, 3.05) is 31.1 Å². The van der Waals surface area contributed by atoms with E-state index < -0.39 is 0 Å². The van der Waals surface area contributed by atoms with E-state index in [1.807, 2.05) is 48.2 Å². The molecule has 1 aliphatic heterocycles. The molecule has 1 fully saturated rings. The first kappa shape index (κ1) is 16.3. The predicted octanol–water partition coefficient (Wildman–Crippen LogP) is 2.14. The molecule has 1 N–H and O–H groups in total. The van der Waals surface area contributed by atoms with Crippen LogP contribution in [0.1, 0.15) is 16.1 Å². The standard InChI is InChI=1S/C19H20N6O/c1-14-16(13-21-23-14)19(26)25-11-9-24(10-12-25)17-7-8-20-18(22-17)15-5-3-2-4-6-15/h2-8,13H,9-12H2,1H3,(H,21,23). The van der Waals surface area contributed by atoms with E-state index in [0.717, 1.165) is 36.0 Å². The molecule has 3 aromatic rings. The van der Waals surface area contributed by atoms with Gasteiger partial charge in [0.05, 0.1) is 11.8 Å². The molecule has 0 atom stereocenters. The van der Waals surface area contributed by atoms with Gasteiger partial charge in [0, 0.05) is 43.6 Å². The van der Waals surface area contributed by atoms with Gasteiger partial charge < -0.3 is 9.80 Å². The quantitative estimate of drug-likeness (QED) is 0.785. The zero-order valence-corrected chi connectivity index (χ0v) is 14.6. The predicted molar refractivity (Wildman–Crippen MR) is 98.9 cm³/mol. The molecule has 0 aliphatic carbocycles. The maximum Gasteiger partial charge on any atom is 0.257 e. The van der Waals surface area contributed by atoms with Crippen LogP contribution in [0.4, 0.5) is 5.82 Å². The van der Waals surface area contributed by atoms with Crippen LogP contribution in [0.25, 0.3) is 11.4 Å². The summed E-state index contributed by atoms with van der Waals surface area (Å²) in [5.74, 6) is 1.64. The highest BCUT2D eigenvalue weighted by Crippen LogP contribution is 2.20. The van der Waals surface area contributed by atoms with Crippen LogP contribution in [0.5, 0.6) is 0 Å². The van der Waals surface area contributed by atoms with Crippen LogP contribution in [0.15, 0.2) is 48.8 Å². The number of anilines is 1. The highest BCUT2D eigenvalue weighted by Gasteiger charge is 2.24. The number of aromatic amines is 1. The van der Waals surface area contributed by atoms with E-state index in [1.165, 1.54) is 0 Å². The number of aryl methyl sites for hydroxylation is 1. The summed E-state index contributed by atoms with van der Waals surface area (Å²) in [6, 6.07) is 11.9. The van der Waals surface area contributed by atoms with Crippen LogP contribution < -0.4 is 4.90 Å². The number of carbonyl (C=O) groups excluding carboxylic acids is 1. The van der Waals surface area contributed by atoms with Crippen molar-refractivity contribution in [3.8, 4) is 11.4 Å². The lowest BCUT2D eigenvalue weighted by atomic mass is 10.2. The van der Waals surface area contributed by atoms with Gasteiger partial charge in [0.2, 0.25) is 0 Å². The van der Waals surface area contributed by atoms with Crippen molar-refractivity contribution >= 4 is 11.7 Å². The van der Waals surface area contributed by atoms with Gasteiger partial charge in [-0.2, -0.15) is 5.10 Å². The SMILES string of the molecule is Cc1[nH]ncc1C(=O)N1CCN(c2ccnc(-c3ccccc3)n2)CC1. The molecular weight excluding hydrogens is 328 g/mol. The van der Waals surface area contributed by atoms with Crippen LogP contribution in [-0.4, -0.2) is 57.2 Å². The summed E-state index contributed by atoms with van der Waals surface area (Å²) in [5, 5.41) is 6.76. The van der Waals surface area contributed by atoms with Crippen LogP contribution in [0, 0.1) is 6.92 Å². The van der Waals surface area contributed by atoms with E-state index >= 15 is 0 Å². The second-order valence-corrected chi connectivity index (χ2v) is 6.29. The Hall–Kier alpha value is -3.22.